The van der Waals surface area contributed by atoms with Gasteiger partial charge < -0.3 is 14.5 Å². The van der Waals surface area contributed by atoms with Crippen molar-refractivity contribution in [1.29, 1.82) is 0 Å². The maximum atomic E-state index is 11.1. The van der Waals surface area contributed by atoms with E-state index in [0.717, 1.165) is 33.2 Å². The van der Waals surface area contributed by atoms with Gasteiger partial charge in [0.1, 0.15) is 11.3 Å². The summed E-state index contributed by atoms with van der Waals surface area (Å²) in [4.78, 5) is 14.3. The molecule has 2 heterocycles. The molecule has 0 aliphatic carbocycles. The van der Waals surface area contributed by atoms with Crippen molar-refractivity contribution >= 4 is 27.8 Å². The van der Waals surface area contributed by atoms with Gasteiger partial charge >= 0.3 is 5.97 Å². The molecule has 0 atom stereocenters. The first-order chi connectivity index (χ1) is 10.2. The number of furan rings is 1. The highest BCUT2D eigenvalue weighted by molar-refractivity contribution is 6.00. The molecule has 0 saturated carbocycles. The Bertz CT molecular complexity index is 945. The van der Waals surface area contributed by atoms with Crippen LogP contribution in [0, 0.1) is 0 Å². The molecule has 0 saturated heterocycles. The topological polar surface area (TPSA) is 66.2 Å². The summed E-state index contributed by atoms with van der Waals surface area (Å²) in [5.74, 6) is -0.210. The molecule has 0 unspecified atom stereocenters. The third kappa shape index (κ3) is 1.80. The van der Waals surface area contributed by atoms with Crippen LogP contribution in [0.25, 0.3) is 33.2 Å². The van der Waals surface area contributed by atoms with Gasteiger partial charge in [-0.15, -0.1) is 0 Å². The molecule has 2 N–H and O–H groups in total. The van der Waals surface area contributed by atoms with Crippen LogP contribution in [0.5, 0.6) is 0 Å². The Hall–Kier alpha value is -3.01. The molecule has 0 amide bonds. The monoisotopic (exact) mass is 277 g/mol. The van der Waals surface area contributed by atoms with Gasteiger partial charge in [-0.05, 0) is 30.3 Å². The smallest absolute Gasteiger partial charge is 0.335 e. The second-order valence-corrected chi connectivity index (χ2v) is 4.92. The number of benzene rings is 2. The number of aromatic amines is 1. The lowest BCUT2D eigenvalue weighted by atomic mass is 10.1. The van der Waals surface area contributed by atoms with Gasteiger partial charge in [0, 0.05) is 28.0 Å². The molecule has 4 aromatic rings. The van der Waals surface area contributed by atoms with Crippen molar-refractivity contribution in [2.24, 2.45) is 0 Å². The van der Waals surface area contributed by atoms with Gasteiger partial charge in [0.15, 0.2) is 0 Å². The number of aromatic carboxylic acids is 1. The standard InChI is InChI=1S/C17H11NO3/c19-17(20)11-5-6-14-12(7-11)13(9-18-14)16-8-10-3-1-2-4-15(10)21-16/h1-9,18H,(H,19,20). The van der Waals surface area contributed by atoms with Crippen LogP contribution < -0.4 is 0 Å². The summed E-state index contributed by atoms with van der Waals surface area (Å²) in [5, 5.41) is 11.0. The highest BCUT2D eigenvalue weighted by Gasteiger charge is 2.13. The van der Waals surface area contributed by atoms with Crippen LogP contribution in [0.2, 0.25) is 0 Å². The average Bonchev–Trinajstić information content (AvgIpc) is 3.09. The molecule has 4 rings (SSSR count). The van der Waals surface area contributed by atoms with Crippen LogP contribution in [-0.4, -0.2) is 16.1 Å². The number of hydrogen-bond donors (Lipinski definition) is 2. The molecule has 21 heavy (non-hydrogen) atoms. The first-order valence-electron chi connectivity index (χ1n) is 6.56. The van der Waals surface area contributed by atoms with Crippen LogP contribution in [0.1, 0.15) is 10.4 Å². The van der Waals surface area contributed by atoms with Crippen molar-refractivity contribution in [2.75, 3.05) is 0 Å². The zero-order valence-corrected chi connectivity index (χ0v) is 11.0. The quantitative estimate of drug-likeness (QED) is 0.574. The van der Waals surface area contributed by atoms with Crippen molar-refractivity contribution in [3.8, 4) is 11.3 Å². The summed E-state index contributed by atoms with van der Waals surface area (Å²) >= 11 is 0. The van der Waals surface area contributed by atoms with E-state index in [4.69, 9.17) is 9.52 Å². The molecule has 0 bridgehead atoms. The van der Waals surface area contributed by atoms with Gasteiger partial charge in [-0.3, -0.25) is 0 Å². The van der Waals surface area contributed by atoms with E-state index >= 15 is 0 Å². The van der Waals surface area contributed by atoms with E-state index in [0.29, 0.717) is 0 Å². The Balaban J connectivity index is 1.96. The van der Waals surface area contributed by atoms with Gasteiger partial charge in [-0.2, -0.15) is 0 Å². The minimum Gasteiger partial charge on any atom is -0.478 e. The van der Waals surface area contributed by atoms with E-state index in [-0.39, 0.29) is 5.56 Å². The van der Waals surface area contributed by atoms with Crippen LogP contribution in [0.3, 0.4) is 0 Å². The fourth-order valence-electron chi connectivity index (χ4n) is 2.57. The zero-order valence-electron chi connectivity index (χ0n) is 11.0. The van der Waals surface area contributed by atoms with Crippen LogP contribution in [0.4, 0.5) is 0 Å². The maximum absolute atomic E-state index is 11.1. The number of para-hydroxylation sites is 1. The molecule has 0 aliphatic rings. The summed E-state index contributed by atoms with van der Waals surface area (Å²) in [6.45, 7) is 0. The SMILES string of the molecule is O=C(O)c1ccc2[nH]cc(-c3cc4ccccc4o3)c2c1. The number of aromatic nitrogens is 1. The van der Waals surface area contributed by atoms with Crippen molar-refractivity contribution in [3.63, 3.8) is 0 Å². The molecule has 0 spiro atoms. The summed E-state index contributed by atoms with van der Waals surface area (Å²) in [7, 11) is 0. The number of carbonyl (C=O) groups is 1. The molecule has 4 heteroatoms. The summed E-state index contributed by atoms with van der Waals surface area (Å²) < 4.78 is 5.85. The van der Waals surface area contributed by atoms with E-state index in [1.165, 1.54) is 0 Å². The van der Waals surface area contributed by atoms with Crippen molar-refractivity contribution in [3.05, 3.63) is 60.3 Å². The Morgan fingerprint density at radius 2 is 1.95 bits per heavy atom. The van der Waals surface area contributed by atoms with Crippen LogP contribution >= 0.6 is 0 Å². The largest absolute Gasteiger partial charge is 0.478 e. The number of rotatable bonds is 2. The van der Waals surface area contributed by atoms with Crippen molar-refractivity contribution in [1.82, 2.24) is 4.98 Å². The second-order valence-electron chi connectivity index (χ2n) is 4.92. The second kappa shape index (κ2) is 4.24. The van der Waals surface area contributed by atoms with Gasteiger partial charge in [0.2, 0.25) is 0 Å². The molecule has 2 aromatic heterocycles. The molecule has 2 aromatic carbocycles. The molecule has 102 valence electrons. The minimum atomic E-state index is -0.936. The lowest BCUT2D eigenvalue weighted by Crippen LogP contribution is -1.94. The Labute approximate surface area is 119 Å². The first kappa shape index (κ1) is 11.8. The number of fused-ring (bicyclic) bond motifs is 2. The summed E-state index contributed by atoms with van der Waals surface area (Å²) in [6, 6.07) is 14.8. The Morgan fingerprint density at radius 3 is 2.76 bits per heavy atom. The molecular formula is C17H11NO3. The lowest BCUT2D eigenvalue weighted by Gasteiger charge is -1.97. The van der Waals surface area contributed by atoms with Gasteiger partial charge in [0.25, 0.3) is 0 Å². The predicted octanol–water partition coefficient (Wildman–Crippen LogP) is 4.28. The highest BCUT2D eigenvalue weighted by atomic mass is 16.4. The molecule has 0 aliphatic heterocycles. The van der Waals surface area contributed by atoms with E-state index in [1.54, 1.807) is 18.2 Å². The van der Waals surface area contributed by atoms with Crippen molar-refractivity contribution < 1.29 is 14.3 Å². The number of hydrogen-bond acceptors (Lipinski definition) is 2. The van der Waals surface area contributed by atoms with Gasteiger partial charge in [-0.25, -0.2) is 4.79 Å². The third-order valence-electron chi connectivity index (χ3n) is 3.62. The number of nitrogens with one attached hydrogen (secondary N) is 1. The summed E-state index contributed by atoms with van der Waals surface area (Å²) in [6.07, 6.45) is 1.84. The van der Waals surface area contributed by atoms with Gasteiger partial charge in [0.05, 0.1) is 5.56 Å². The van der Waals surface area contributed by atoms with Crippen LogP contribution in [-0.2, 0) is 0 Å². The first-order valence-corrected chi connectivity index (χ1v) is 6.56. The average molecular weight is 277 g/mol. The normalized spacial score (nSPS) is 11.2. The van der Waals surface area contributed by atoms with E-state index in [9.17, 15) is 4.79 Å². The lowest BCUT2D eigenvalue weighted by molar-refractivity contribution is 0.0697. The molecule has 0 radical (unpaired) electrons. The fraction of sp³-hybridized carbons (Fsp3) is 0. The van der Waals surface area contributed by atoms with E-state index < -0.39 is 5.97 Å². The van der Waals surface area contributed by atoms with E-state index in [2.05, 4.69) is 4.98 Å². The minimum absolute atomic E-state index is 0.263. The molecule has 4 nitrogen and oxygen atoms in total. The van der Waals surface area contributed by atoms with Crippen molar-refractivity contribution in [2.45, 2.75) is 0 Å². The number of carboxylic acid groups (broad SMARTS) is 1. The maximum Gasteiger partial charge on any atom is 0.335 e. The third-order valence-corrected chi connectivity index (χ3v) is 3.62. The Kier molecular flexibility index (Phi) is 2.38. The van der Waals surface area contributed by atoms with Crippen LogP contribution in [0.15, 0.2) is 59.1 Å². The summed E-state index contributed by atoms with van der Waals surface area (Å²) in [5.41, 5.74) is 2.83. The molecule has 0 fully saturated rings. The van der Waals surface area contributed by atoms with E-state index in [1.807, 2.05) is 36.5 Å². The van der Waals surface area contributed by atoms with Gasteiger partial charge in [-0.1, -0.05) is 18.2 Å². The number of H-pyrrole nitrogens is 1. The molecular weight excluding hydrogens is 266 g/mol. The predicted molar refractivity (Wildman–Crippen MR) is 80.5 cm³/mol. The highest BCUT2D eigenvalue weighted by Crippen LogP contribution is 2.33. The Morgan fingerprint density at radius 1 is 1.10 bits per heavy atom. The number of carboxylic acids is 1. The zero-order chi connectivity index (χ0) is 14.4. The fourth-order valence-corrected chi connectivity index (χ4v) is 2.57.